The van der Waals surface area contributed by atoms with Crippen molar-refractivity contribution in [2.45, 2.75) is 60.8 Å². The van der Waals surface area contributed by atoms with Gasteiger partial charge >= 0.3 is 0 Å². The van der Waals surface area contributed by atoms with Crippen LogP contribution in [0, 0.1) is 17.3 Å². The first-order valence-corrected chi connectivity index (χ1v) is 7.52. The van der Waals surface area contributed by atoms with E-state index >= 15 is 0 Å². The van der Waals surface area contributed by atoms with E-state index in [9.17, 15) is 0 Å². The summed E-state index contributed by atoms with van der Waals surface area (Å²) in [5.41, 5.74) is 0.418. The van der Waals surface area contributed by atoms with Gasteiger partial charge in [0.05, 0.1) is 0 Å². The Hall–Kier alpha value is 0.0900. The van der Waals surface area contributed by atoms with Crippen LogP contribution in [0.3, 0.4) is 0 Å². The second-order valence-electron chi connectivity index (χ2n) is 6.52. The molecule has 0 rings (SSSR count). The van der Waals surface area contributed by atoms with Crippen LogP contribution in [0.1, 0.15) is 60.8 Å². The molecular weight excluding hydrogens is 212 g/mol. The molecule has 0 saturated carbocycles. The molecule has 1 heteroatoms. The number of hydrogen-bond acceptors (Lipinski definition) is 1. The summed E-state index contributed by atoms with van der Waals surface area (Å²) in [6.45, 7) is 18.0. The summed E-state index contributed by atoms with van der Waals surface area (Å²) in [6, 6.07) is 0. The molecule has 0 aliphatic rings. The van der Waals surface area contributed by atoms with E-state index in [2.05, 4.69) is 48.1 Å². The Bertz CT molecular complexity index is 198. The molecule has 0 heterocycles. The molecule has 0 nitrogen and oxygen atoms in total. The third-order valence-corrected chi connectivity index (χ3v) is 3.95. The Morgan fingerprint density at radius 1 is 1.19 bits per heavy atom. The lowest BCUT2D eigenvalue weighted by Crippen LogP contribution is -2.11. The minimum Gasteiger partial charge on any atom is -0.131 e. The molecule has 0 bridgehead atoms. The van der Waals surface area contributed by atoms with Gasteiger partial charge in [0.2, 0.25) is 0 Å². The number of rotatable bonds is 7. The summed E-state index contributed by atoms with van der Waals surface area (Å²) < 4.78 is 0. The predicted octanol–water partition coefficient (Wildman–Crippen LogP) is 5.74. The minimum atomic E-state index is 0.418. The van der Waals surface area contributed by atoms with E-state index in [4.69, 9.17) is 0 Å². The van der Waals surface area contributed by atoms with Crippen LogP contribution in [-0.2, 0) is 0 Å². The van der Waals surface area contributed by atoms with E-state index in [0.717, 1.165) is 5.92 Å². The molecule has 96 valence electrons. The van der Waals surface area contributed by atoms with E-state index < -0.39 is 0 Å². The maximum Gasteiger partial charge on any atom is -0.00232 e. The van der Waals surface area contributed by atoms with Crippen LogP contribution >= 0.6 is 11.8 Å². The molecule has 0 spiro atoms. The molecule has 0 amide bonds. The molecule has 0 aromatic heterocycles. The summed E-state index contributed by atoms with van der Waals surface area (Å²) in [4.78, 5) is 1.37. The van der Waals surface area contributed by atoms with Crippen molar-refractivity contribution in [1.29, 1.82) is 0 Å². The monoisotopic (exact) mass is 242 g/mol. The zero-order valence-corrected chi connectivity index (χ0v) is 12.9. The van der Waals surface area contributed by atoms with Crippen molar-refractivity contribution in [2.75, 3.05) is 5.75 Å². The van der Waals surface area contributed by atoms with Crippen LogP contribution in [0.25, 0.3) is 0 Å². The van der Waals surface area contributed by atoms with Crippen molar-refractivity contribution in [3.05, 3.63) is 11.5 Å². The molecule has 16 heavy (non-hydrogen) atoms. The van der Waals surface area contributed by atoms with Crippen molar-refractivity contribution >= 4 is 11.8 Å². The van der Waals surface area contributed by atoms with E-state index in [1.807, 2.05) is 11.8 Å². The highest BCUT2D eigenvalue weighted by atomic mass is 32.2. The molecule has 0 aromatic carbocycles. The fraction of sp³-hybridized carbons (Fsp3) is 0.867. The number of thioether (sulfide) groups is 1. The Balaban J connectivity index is 3.72. The Kier molecular flexibility index (Phi) is 7.46. The topological polar surface area (TPSA) is 0 Å². The lowest BCUT2D eigenvalue weighted by atomic mass is 9.85. The fourth-order valence-corrected chi connectivity index (χ4v) is 2.81. The third-order valence-electron chi connectivity index (χ3n) is 2.68. The van der Waals surface area contributed by atoms with Crippen LogP contribution < -0.4 is 0 Å². The van der Waals surface area contributed by atoms with Gasteiger partial charge in [-0.1, -0.05) is 54.5 Å². The van der Waals surface area contributed by atoms with Crippen LogP contribution in [0.15, 0.2) is 11.5 Å². The lowest BCUT2D eigenvalue weighted by molar-refractivity contribution is 0.335. The Morgan fingerprint density at radius 3 is 2.19 bits per heavy atom. The van der Waals surface area contributed by atoms with E-state index in [-0.39, 0.29) is 0 Å². The van der Waals surface area contributed by atoms with Crippen molar-refractivity contribution in [3.63, 3.8) is 0 Å². The summed E-state index contributed by atoms with van der Waals surface area (Å²) in [6.07, 6.45) is 3.90. The molecule has 0 aliphatic carbocycles. The standard InChI is InChI=1S/C15H30S/c1-12(2)9-8-10-16-14(4)13(3)11-15(5,6)7/h12-13H,4,8-11H2,1-3,5-7H3. The van der Waals surface area contributed by atoms with E-state index in [0.29, 0.717) is 11.3 Å². The highest BCUT2D eigenvalue weighted by molar-refractivity contribution is 8.03. The van der Waals surface area contributed by atoms with Gasteiger partial charge in [-0.05, 0) is 40.8 Å². The SMILES string of the molecule is C=C(SCCCC(C)C)C(C)CC(C)(C)C. The number of hydrogen-bond donors (Lipinski definition) is 0. The van der Waals surface area contributed by atoms with E-state index in [1.165, 1.54) is 29.9 Å². The first-order chi connectivity index (χ1) is 7.22. The smallest absolute Gasteiger partial charge is 0.00232 e. The van der Waals surface area contributed by atoms with Crippen molar-refractivity contribution in [1.82, 2.24) is 0 Å². The molecular formula is C15H30S. The third kappa shape index (κ3) is 9.33. The largest absolute Gasteiger partial charge is 0.131 e. The van der Waals surface area contributed by atoms with Gasteiger partial charge in [-0.2, -0.15) is 0 Å². The van der Waals surface area contributed by atoms with Gasteiger partial charge in [-0.15, -0.1) is 11.8 Å². The molecule has 0 aromatic rings. The normalized spacial score (nSPS) is 14.2. The van der Waals surface area contributed by atoms with Crippen molar-refractivity contribution in [2.24, 2.45) is 17.3 Å². The highest BCUT2D eigenvalue weighted by Crippen LogP contribution is 2.33. The first-order valence-electron chi connectivity index (χ1n) is 6.54. The first kappa shape index (κ1) is 16.1. The second kappa shape index (κ2) is 7.42. The summed E-state index contributed by atoms with van der Waals surface area (Å²) in [7, 11) is 0. The highest BCUT2D eigenvalue weighted by Gasteiger charge is 2.17. The summed E-state index contributed by atoms with van der Waals surface area (Å²) in [5, 5.41) is 0. The van der Waals surface area contributed by atoms with Gasteiger partial charge in [0.15, 0.2) is 0 Å². The zero-order valence-electron chi connectivity index (χ0n) is 12.1. The van der Waals surface area contributed by atoms with Gasteiger partial charge in [-0.3, -0.25) is 0 Å². The Labute approximate surface area is 107 Å². The Morgan fingerprint density at radius 2 is 1.75 bits per heavy atom. The summed E-state index contributed by atoms with van der Waals surface area (Å²) in [5.74, 6) is 2.72. The second-order valence-corrected chi connectivity index (χ2v) is 7.74. The van der Waals surface area contributed by atoms with Crippen LogP contribution in [0.5, 0.6) is 0 Å². The van der Waals surface area contributed by atoms with Crippen molar-refractivity contribution in [3.8, 4) is 0 Å². The maximum atomic E-state index is 4.22. The fourth-order valence-electron chi connectivity index (χ4n) is 1.87. The van der Waals surface area contributed by atoms with Gasteiger partial charge < -0.3 is 0 Å². The maximum absolute atomic E-state index is 4.22. The van der Waals surface area contributed by atoms with Crippen molar-refractivity contribution < 1.29 is 0 Å². The number of allylic oxidation sites excluding steroid dienone is 1. The predicted molar refractivity (Wildman–Crippen MR) is 78.9 cm³/mol. The molecule has 0 saturated heterocycles. The molecule has 0 radical (unpaired) electrons. The van der Waals surface area contributed by atoms with Gasteiger partial charge in [0, 0.05) is 0 Å². The van der Waals surface area contributed by atoms with Crippen LogP contribution in [-0.4, -0.2) is 5.75 Å². The molecule has 1 atom stereocenters. The quantitative estimate of drug-likeness (QED) is 0.513. The van der Waals surface area contributed by atoms with Gasteiger partial charge in [0.1, 0.15) is 0 Å². The molecule has 0 aliphatic heterocycles. The summed E-state index contributed by atoms with van der Waals surface area (Å²) >= 11 is 1.97. The molecule has 1 unspecified atom stereocenters. The molecule has 0 N–H and O–H groups in total. The average molecular weight is 242 g/mol. The minimum absolute atomic E-state index is 0.418. The zero-order chi connectivity index (χ0) is 12.8. The van der Waals surface area contributed by atoms with Crippen LogP contribution in [0.2, 0.25) is 0 Å². The lowest BCUT2D eigenvalue weighted by Gasteiger charge is -2.24. The van der Waals surface area contributed by atoms with E-state index in [1.54, 1.807) is 0 Å². The molecule has 0 fully saturated rings. The van der Waals surface area contributed by atoms with Gasteiger partial charge in [0.25, 0.3) is 0 Å². The van der Waals surface area contributed by atoms with Crippen LogP contribution in [0.4, 0.5) is 0 Å². The average Bonchev–Trinajstić information content (AvgIpc) is 2.08. The van der Waals surface area contributed by atoms with Gasteiger partial charge in [-0.25, -0.2) is 0 Å².